The number of nitrogens with one attached hydrogen (secondary N) is 1. The molecule has 0 spiro atoms. The van der Waals surface area contributed by atoms with E-state index in [2.05, 4.69) is 5.32 Å². The van der Waals surface area contributed by atoms with Gasteiger partial charge in [-0.3, -0.25) is 9.59 Å². The number of carbonyl (C=O) groups is 2. The van der Waals surface area contributed by atoms with Gasteiger partial charge in [0.2, 0.25) is 0 Å². The average Bonchev–Trinajstić information content (AvgIpc) is 2.90. The van der Waals surface area contributed by atoms with Crippen LogP contribution in [0.25, 0.3) is 21.7 Å². The first kappa shape index (κ1) is 15.7. The second kappa shape index (κ2) is 5.62. The molecule has 1 fully saturated rings. The highest BCUT2D eigenvalue weighted by Gasteiger charge is 2.41. The van der Waals surface area contributed by atoms with E-state index in [1.165, 1.54) is 0 Å². The van der Waals surface area contributed by atoms with Crippen LogP contribution in [0.4, 0.5) is 0 Å². The fraction of sp³-hybridized carbons (Fsp3) is 0.300. The lowest BCUT2D eigenvalue weighted by Gasteiger charge is -2.41. The molecule has 1 aliphatic carbocycles. The van der Waals surface area contributed by atoms with Gasteiger partial charge in [0.05, 0.1) is 12.0 Å². The van der Waals surface area contributed by atoms with E-state index in [0.717, 1.165) is 28.1 Å². The van der Waals surface area contributed by atoms with Gasteiger partial charge in [-0.1, -0.05) is 36.4 Å². The third-order valence-corrected chi connectivity index (χ3v) is 5.21. The maximum absolute atomic E-state index is 12.8. The van der Waals surface area contributed by atoms with Crippen molar-refractivity contribution in [3.8, 4) is 0 Å². The van der Waals surface area contributed by atoms with Crippen LogP contribution in [0.15, 0.2) is 40.8 Å². The minimum atomic E-state index is -0.896. The number of rotatable bonds is 4. The molecule has 1 aromatic heterocycles. The standard InChI is InChI=1S/C20H19NO4/c1-12-14-8-7-13-5-2-3-6-15(13)18(14)25-17(12)19(24)21-20(9-4-10-20)11-16(22)23/h2-3,5-8H,4,9-11H2,1H3,(H,21,24)(H,22,23). The molecule has 0 atom stereocenters. The Labute approximate surface area is 144 Å². The molecule has 5 heteroatoms. The summed E-state index contributed by atoms with van der Waals surface area (Å²) in [5.41, 5.74) is 0.834. The number of carbonyl (C=O) groups excluding carboxylic acids is 1. The van der Waals surface area contributed by atoms with Crippen LogP contribution >= 0.6 is 0 Å². The Hall–Kier alpha value is -2.82. The molecule has 3 aromatic rings. The van der Waals surface area contributed by atoms with E-state index in [9.17, 15) is 9.59 Å². The topological polar surface area (TPSA) is 79.5 Å². The summed E-state index contributed by atoms with van der Waals surface area (Å²) in [4.78, 5) is 23.9. The number of hydrogen-bond donors (Lipinski definition) is 2. The predicted molar refractivity (Wildman–Crippen MR) is 94.8 cm³/mol. The number of benzene rings is 2. The van der Waals surface area contributed by atoms with E-state index in [1.807, 2.05) is 43.3 Å². The van der Waals surface area contributed by atoms with Crippen molar-refractivity contribution in [1.82, 2.24) is 5.32 Å². The number of carboxylic acid groups (broad SMARTS) is 1. The van der Waals surface area contributed by atoms with Crippen molar-refractivity contribution in [1.29, 1.82) is 0 Å². The summed E-state index contributed by atoms with van der Waals surface area (Å²) in [5.74, 6) is -0.964. The summed E-state index contributed by atoms with van der Waals surface area (Å²) >= 11 is 0. The molecule has 0 radical (unpaired) electrons. The molecule has 1 heterocycles. The van der Waals surface area contributed by atoms with Crippen molar-refractivity contribution in [2.24, 2.45) is 0 Å². The van der Waals surface area contributed by atoms with Crippen LogP contribution in [0.3, 0.4) is 0 Å². The number of hydrogen-bond acceptors (Lipinski definition) is 3. The Kier molecular flexibility index (Phi) is 3.53. The van der Waals surface area contributed by atoms with E-state index < -0.39 is 11.5 Å². The molecule has 4 rings (SSSR count). The normalized spacial score (nSPS) is 15.9. The minimum absolute atomic E-state index is 0.0546. The lowest BCUT2D eigenvalue weighted by atomic mass is 9.74. The lowest BCUT2D eigenvalue weighted by molar-refractivity contribution is -0.139. The highest BCUT2D eigenvalue weighted by Crippen LogP contribution is 2.36. The van der Waals surface area contributed by atoms with Crippen LogP contribution < -0.4 is 5.32 Å². The van der Waals surface area contributed by atoms with Crippen molar-refractivity contribution in [3.05, 3.63) is 47.7 Å². The van der Waals surface area contributed by atoms with Gasteiger partial charge in [-0.15, -0.1) is 0 Å². The maximum Gasteiger partial charge on any atom is 0.305 e. The maximum atomic E-state index is 12.8. The highest BCUT2D eigenvalue weighted by molar-refractivity contribution is 6.09. The number of amides is 1. The Morgan fingerprint density at radius 2 is 1.92 bits per heavy atom. The van der Waals surface area contributed by atoms with E-state index in [0.29, 0.717) is 18.4 Å². The summed E-state index contributed by atoms with van der Waals surface area (Å²) in [5, 5.41) is 14.9. The summed E-state index contributed by atoms with van der Waals surface area (Å²) < 4.78 is 5.93. The Balaban J connectivity index is 1.73. The lowest BCUT2D eigenvalue weighted by Crippen LogP contribution is -2.54. The first-order valence-electron chi connectivity index (χ1n) is 8.44. The fourth-order valence-electron chi connectivity index (χ4n) is 3.70. The Morgan fingerprint density at radius 1 is 1.16 bits per heavy atom. The van der Waals surface area contributed by atoms with Crippen molar-refractivity contribution in [2.45, 2.75) is 38.1 Å². The molecule has 2 N–H and O–H groups in total. The van der Waals surface area contributed by atoms with Crippen LogP contribution in [0.5, 0.6) is 0 Å². The number of aliphatic carboxylic acids is 1. The molecule has 1 aliphatic rings. The minimum Gasteiger partial charge on any atom is -0.481 e. The van der Waals surface area contributed by atoms with Crippen LogP contribution in [0, 0.1) is 6.92 Å². The van der Waals surface area contributed by atoms with Gasteiger partial charge in [0.25, 0.3) is 5.91 Å². The molecule has 0 unspecified atom stereocenters. The monoisotopic (exact) mass is 337 g/mol. The first-order chi connectivity index (χ1) is 12.0. The highest BCUT2D eigenvalue weighted by atomic mass is 16.4. The molecule has 0 bridgehead atoms. The zero-order chi connectivity index (χ0) is 17.6. The molecule has 1 amide bonds. The number of fused-ring (bicyclic) bond motifs is 3. The summed E-state index contributed by atoms with van der Waals surface area (Å²) in [7, 11) is 0. The largest absolute Gasteiger partial charge is 0.481 e. The predicted octanol–water partition coefficient (Wildman–Crippen LogP) is 4.02. The van der Waals surface area contributed by atoms with Gasteiger partial charge < -0.3 is 14.8 Å². The molecule has 25 heavy (non-hydrogen) atoms. The van der Waals surface area contributed by atoms with Gasteiger partial charge in [0.1, 0.15) is 5.58 Å². The fourth-order valence-corrected chi connectivity index (χ4v) is 3.70. The number of furan rings is 1. The van der Waals surface area contributed by atoms with E-state index in [4.69, 9.17) is 9.52 Å². The van der Waals surface area contributed by atoms with E-state index >= 15 is 0 Å². The molecule has 128 valence electrons. The number of aryl methyl sites for hydroxylation is 1. The molecule has 0 aliphatic heterocycles. The van der Waals surface area contributed by atoms with Crippen molar-refractivity contribution >= 4 is 33.6 Å². The van der Waals surface area contributed by atoms with Crippen LogP contribution in [-0.2, 0) is 4.79 Å². The quantitative estimate of drug-likeness (QED) is 0.753. The molecule has 1 saturated carbocycles. The molecule has 5 nitrogen and oxygen atoms in total. The van der Waals surface area contributed by atoms with Crippen LogP contribution in [0.1, 0.15) is 41.8 Å². The third-order valence-electron chi connectivity index (χ3n) is 5.21. The number of carboxylic acids is 1. The molecule has 0 saturated heterocycles. The molecular formula is C20H19NO4. The van der Waals surface area contributed by atoms with Crippen molar-refractivity contribution in [3.63, 3.8) is 0 Å². The van der Waals surface area contributed by atoms with Crippen LogP contribution in [-0.4, -0.2) is 22.5 Å². The first-order valence-corrected chi connectivity index (χ1v) is 8.44. The Morgan fingerprint density at radius 3 is 2.60 bits per heavy atom. The average molecular weight is 337 g/mol. The zero-order valence-electron chi connectivity index (χ0n) is 14.0. The third kappa shape index (κ3) is 2.56. The smallest absolute Gasteiger partial charge is 0.305 e. The summed E-state index contributed by atoms with van der Waals surface area (Å²) in [6, 6.07) is 11.9. The Bertz CT molecular complexity index is 998. The molecular weight excluding hydrogens is 318 g/mol. The van der Waals surface area contributed by atoms with Gasteiger partial charge in [0.15, 0.2) is 5.76 Å². The van der Waals surface area contributed by atoms with Crippen LogP contribution in [0.2, 0.25) is 0 Å². The van der Waals surface area contributed by atoms with Crippen molar-refractivity contribution < 1.29 is 19.1 Å². The van der Waals surface area contributed by atoms with Gasteiger partial charge in [-0.25, -0.2) is 0 Å². The molecule has 2 aromatic carbocycles. The summed E-state index contributed by atoms with van der Waals surface area (Å²) in [6.45, 7) is 1.86. The summed E-state index contributed by atoms with van der Waals surface area (Å²) in [6.07, 6.45) is 2.25. The van der Waals surface area contributed by atoms with Gasteiger partial charge >= 0.3 is 5.97 Å². The van der Waals surface area contributed by atoms with E-state index in [-0.39, 0.29) is 18.1 Å². The second-order valence-corrected chi connectivity index (χ2v) is 6.88. The van der Waals surface area contributed by atoms with Gasteiger partial charge in [-0.2, -0.15) is 0 Å². The van der Waals surface area contributed by atoms with Gasteiger partial charge in [-0.05, 0) is 31.6 Å². The van der Waals surface area contributed by atoms with E-state index in [1.54, 1.807) is 0 Å². The SMILES string of the molecule is Cc1c(C(=O)NC2(CC(=O)O)CCC2)oc2c1ccc1ccccc12. The zero-order valence-corrected chi connectivity index (χ0v) is 14.0. The van der Waals surface area contributed by atoms with Crippen molar-refractivity contribution in [2.75, 3.05) is 0 Å². The second-order valence-electron chi connectivity index (χ2n) is 6.88. The van der Waals surface area contributed by atoms with Gasteiger partial charge in [0, 0.05) is 16.3 Å².